The number of halogens is 1. The second-order valence-electron chi connectivity index (χ2n) is 6.12. The topological polar surface area (TPSA) is 45.7 Å². The van der Waals surface area contributed by atoms with Crippen LogP contribution in [0.4, 0.5) is 0 Å². The zero-order chi connectivity index (χ0) is 16.0. The first kappa shape index (κ1) is 21.2. The van der Waals surface area contributed by atoms with Crippen LogP contribution in [0.2, 0.25) is 0 Å². The van der Waals surface area contributed by atoms with E-state index in [1.807, 2.05) is 13.8 Å². The van der Waals surface area contributed by atoms with Crippen molar-refractivity contribution in [1.29, 1.82) is 0 Å². The van der Waals surface area contributed by atoms with Gasteiger partial charge >= 0.3 is 0 Å². The Labute approximate surface area is 152 Å². The standard InChI is InChI=1S/C17H29N3O.HI/c1-12-8-13(2)15(14(3)9-12)10-19-16(18-6)20-11-17(4,5)21-7;/h8-9H,10-11H2,1-7H3,(H2,18,19,20);1H. The molecule has 1 aromatic carbocycles. The third-order valence-corrected chi connectivity index (χ3v) is 3.73. The van der Waals surface area contributed by atoms with Crippen molar-refractivity contribution in [3.8, 4) is 0 Å². The molecule has 0 radical (unpaired) electrons. The van der Waals surface area contributed by atoms with Crippen LogP contribution in [0.3, 0.4) is 0 Å². The molecule has 0 saturated heterocycles. The van der Waals surface area contributed by atoms with Gasteiger partial charge in [0, 0.05) is 27.2 Å². The fourth-order valence-electron chi connectivity index (χ4n) is 2.25. The molecule has 5 heteroatoms. The van der Waals surface area contributed by atoms with E-state index in [0.717, 1.165) is 12.5 Å². The Morgan fingerprint density at radius 2 is 1.68 bits per heavy atom. The summed E-state index contributed by atoms with van der Waals surface area (Å²) < 4.78 is 5.40. The molecule has 1 aromatic rings. The average Bonchev–Trinajstić information content (AvgIpc) is 2.41. The monoisotopic (exact) mass is 419 g/mol. The third-order valence-electron chi connectivity index (χ3n) is 3.73. The quantitative estimate of drug-likeness (QED) is 0.437. The summed E-state index contributed by atoms with van der Waals surface area (Å²) in [5, 5.41) is 6.66. The largest absolute Gasteiger partial charge is 0.377 e. The molecule has 0 aliphatic heterocycles. The molecule has 0 aromatic heterocycles. The molecular formula is C17H30IN3O. The molecule has 126 valence electrons. The first-order chi connectivity index (χ1) is 9.79. The Morgan fingerprint density at radius 3 is 2.14 bits per heavy atom. The van der Waals surface area contributed by atoms with Crippen LogP contribution in [-0.2, 0) is 11.3 Å². The summed E-state index contributed by atoms with van der Waals surface area (Å²) in [5.41, 5.74) is 5.04. The lowest BCUT2D eigenvalue weighted by Crippen LogP contribution is -2.45. The summed E-state index contributed by atoms with van der Waals surface area (Å²) >= 11 is 0. The SMILES string of the molecule is CN=C(NCc1c(C)cc(C)cc1C)NCC(C)(C)OC.I. The minimum absolute atomic E-state index is 0. The van der Waals surface area contributed by atoms with Gasteiger partial charge in [0.05, 0.1) is 5.60 Å². The van der Waals surface area contributed by atoms with Gasteiger partial charge < -0.3 is 15.4 Å². The van der Waals surface area contributed by atoms with Crippen LogP contribution >= 0.6 is 24.0 Å². The average molecular weight is 419 g/mol. The summed E-state index contributed by atoms with van der Waals surface area (Å²) in [6.07, 6.45) is 0. The summed E-state index contributed by atoms with van der Waals surface area (Å²) in [5.74, 6) is 0.791. The van der Waals surface area contributed by atoms with E-state index in [2.05, 4.69) is 48.5 Å². The first-order valence-electron chi connectivity index (χ1n) is 7.35. The molecule has 0 heterocycles. The summed E-state index contributed by atoms with van der Waals surface area (Å²) in [6.45, 7) is 12.0. The van der Waals surface area contributed by atoms with E-state index >= 15 is 0 Å². The minimum atomic E-state index is -0.215. The number of guanidine groups is 1. The number of hydrogen-bond donors (Lipinski definition) is 2. The van der Waals surface area contributed by atoms with Gasteiger partial charge in [-0.3, -0.25) is 4.99 Å². The fraction of sp³-hybridized carbons (Fsp3) is 0.588. The van der Waals surface area contributed by atoms with Crippen molar-refractivity contribution in [3.63, 3.8) is 0 Å². The van der Waals surface area contributed by atoms with Crippen molar-refractivity contribution in [2.45, 2.75) is 46.8 Å². The number of aryl methyl sites for hydroxylation is 3. The summed E-state index contributed by atoms with van der Waals surface area (Å²) in [7, 11) is 3.50. The molecule has 0 amide bonds. The van der Waals surface area contributed by atoms with Crippen LogP contribution in [0.1, 0.15) is 36.1 Å². The molecule has 22 heavy (non-hydrogen) atoms. The molecule has 0 atom stereocenters. The number of ether oxygens (including phenoxy) is 1. The van der Waals surface area contributed by atoms with Crippen molar-refractivity contribution in [3.05, 3.63) is 34.4 Å². The van der Waals surface area contributed by atoms with Crippen LogP contribution in [-0.4, -0.2) is 32.3 Å². The predicted octanol–water partition coefficient (Wildman–Crippen LogP) is 3.32. The molecule has 2 N–H and O–H groups in total. The molecule has 0 aliphatic rings. The number of nitrogens with zero attached hydrogens (tertiary/aromatic N) is 1. The number of benzene rings is 1. The number of rotatable bonds is 5. The maximum Gasteiger partial charge on any atom is 0.191 e. The highest BCUT2D eigenvalue weighted by Crippen LogP contribution is 2.16. The smallest absolute Gasteiger partial charge is 0.191 e. The van der Waals surface area contributed by atoms with Gasteiger partial charge in [-0.25, -0.2) is 0 Å². The van der Waals surface area contributed by atoms with Gasteiger partial charge in [0.1, 0.15) is 0 Å². The summed E-state index contributed by atoms with van der Waals surface area (Å²) in [6, 6.07) is 4.43. The van der Waals surface area contributed by atoms with E-state index in [1.165, 1.54) is 22.3 Å². The molecule has 0 bridgehead atoms. The Hall–Kier alpha value is -0.820. The molecule has 0 unspecified atom stereocenters. The Bertz CT molecular complexity index is 490. The highest BCUT2D eigenvalue weighted by Gasteiger charge is 2.16. The zero-order valence-electron chi connectivity index (χ0n) is 14.8. The lowest BCUT2D eigenvalue weighted by atomic mass is 10.00. The van der Waals surface area contributed by atoms with Crippen molar-refractivity contribution < 1.29 is 4.74 Å². The first-order valence-corrected chi connectivity index (χ1v) is 7.35. The molecule has 0 spiro atoms. The van der Waals surface area contributed by atoms with Crippen LogP contribution in [0.15, 0.2) is 17.1 Å². The Morgan fingerprint density at radius 1 is 1.14 bits per heavy atom. The van der Waals surface area contributed by atoms with Gasteiger partial charge in [-0.1, -0.05) is 17.7 Å². The number of nitrogens with one attached hydrogen (secondary N) is 2. The highest BCUT2D eigenvalue weighted by molar-refractivity contribution is 14.0. The number of aliphatic imine (C=N–C) groups is 1. The van der Waals surface area contributed by atoms with Crippen LogP contribution < -0.4 is 10.6 Å². The van der Waals surface area contributed by atoms with Crippen LogP contribution in [0.25, 0.3) is 0 Å². The predicted molar refractivity (Wildman–Crippen MR) is 105 cm³/mol. The maximum absolute atomic E-state index is 5.40. The Balaban J connectivity index is 0.00000441. The molecule has 4 nitrogen and oxygen atoms in total. The van der Waals surface area contributed by atoms with E-state index < -0.39 is 0 Å². The van der Waals surface area contributed by atoms with E-state index in [0.29, 0.717) is 6.54 Å². The van der Waals surface area contributed by atoms with E-state index in [4.69, 9.17) is 4.74 Å². The second-order valence-corrected chi connectivity index (χ2v) is 6.12. The number of hydrogen-bond acceptors (Lipinski definition) is 2. The fourth-order valence-corrected chi connectivity index (χ4v) is 2.25. The van der Waals surface area contributed by atoms with Crippen LogP contribution in [0.5, 0.6) is 0 Å². The van der Waals surface area contributed by atoms with E-state index in [-0.39, 0.29) is 29.6 Å². The van der Waals surface area contributed by atoms with Crippen molar-refractivity contribution in [2.24, 2.45) is 4.99 Å². The normalized spacial score (nSPS) is 11.9. The van der Waals surface area contributed by atoms with Gasteiger partial charge in [0.25, 0.3) is 0 Å². The van der Waals surface area contributed by atoms with Crippen LogP contribution in [0, 0.1) is 20.8 Å². The van der Waals surface area contributed by atoms with Gasteiger partial charge in [-0.15, -0.1) is 24.0 Å². The molecule has 1 rings (SSSR count). The lowest BCUT2D eigenvalue weighted by molar-refractivity contribution is 0.0268. The van der Waals surface area contributed by atoms with Gasteiger partial charge in [-0.05, 0) is 51.3 Å². The van der Waals surface area contributed by atoms with Crippen molar-refractivity contribution >= 4 is 29.9 Å². The molecule has 0 saturated carbocycles. The lowest BCUT2D eigenvalue weighted by Gasteiger charge is -2.24. The van der Waals surface area contributed by atoms with Gasteiger partial charge in [-0.2, -0.15) is 0 Å². The zero-order valence-corrected chi connectivity index (χ0v) is 17.2. The molecule has 0 aliphatic carbocycles. The molecule has 0 fully saturated rings. The number of methoxy groups -OCH3 is 1. The summed E-state index contributed by atoms with van der Waals surface area (Å²) in [4.78, 5) is 4.26. The van der Waals surface area contributed by atoms with Gasteiger partial charge in [0.2, 0.25) is 0 Å². The Kier molecular flexibility index (Phi) is 9.00. The second kappa shape index (κ2) is 9.35. The maximum atomic E-state index is 5.40. The van der Waals surface area contributed by atoms with Crippen molar-refractivity contribution in [2.75, 3.05) is 20.7 Å². The van der Waals surface area contributed by atoms with Crippen molar-refractivity contribution in [1.82, 2.24) is 10.6 Å². The molecular weight excluding hydrogens is 389 g/mol. The minimum Gasteiger partial charge on any atom is -0.377 e. The van der Waals surface area contributed by atoms with Gasteiger partial charge in [0.15, 0.2) is 5.96 Å². The highest BCUT2D eigenvalue weighted by atomic mass is 127. The van der Waals surface area contributed by atoms with E-state index in [1.54, 1.807) is 14.2 Å². The van der Waals surface area contributed by atoms with E-state index in [9.17, 15) is 0 Å². The third kappa shape index (κ3) is 6.52.